The average molecular weight is 282 g/mol. The maximum absolute atomic E-state index is 11.9. The van der Waals surface area contributed by atoms with Gasteiger partial charge in [0.1, 0.15) is 0 Å². The number of carbonyl (C=O) groups is 3. The molecule has 1 rings (SSSR count). The number of hydrogen-bond acceptors (Lipinski definition) is 6. The molecule has 0 aromatic heterocycles. The van der Waals surface area contributed by atoms with Crippen LogP contribution in [0.3, 0.4) is 0 Å². The van der Waals surface area contributed by atoms with E-state index in [0.29, 0.717) is 5.06 Å². The van der Waals surface area contributed by atoms with E-state index in [9.17, 15) is 14.4 Å². The number of carbonyl (C=O) groups excluding carboxylic acids is 2. The summed E-state index contributed by atoms with van der Waals surface area (Å²) in [6.07, 6.45) is 0. The first kappa shape index (κ1) is 15.4. The van der Waals surface area contributed by atoms with Gasteiger partial charge in [-0.25, -0.2) is 9.59 Å². The molecule has 1 amide bonds. The highest BCUT2D eigenvalue weighted by atomic mass is 16.7. The van der Waals surface area contributed by atoms with E-state index in [4.69, 9.17) is 20.8 Å². The number of carboxylic acids is 1. The van der Waals surface area contributed by atoms with Gasteiger partial charge in [0.15, 0.2) is 6.04 Å². The molecule has 0 aliphatic heterocycles. The molecule has 0 aliphatic carbocycles. The highest BCUT2D eigenvalue weighted by Gasteiger charge is 2.31. The summed E-state index contributed by atoms with van der Waals surface area (Å²) in [5, 5.41) is 18.1. The number of aliphatic hydroxyl groups is 1. The molecule has 0 radical (unpaired) electrons. The van der Waals surface area contributed by atoms with Gasteiger partial charge in [-0.15, -0.1) is 0 Å². The molecule has 0 fully saturated rings. The summed E-state index contributed by atoms with van der Waals surface area (Å²) in [5.41, 5.74) is 5.68. The number of benzene rings is 1. The topological polar surface area (TPSA) is 130 Å². The minimum Gasteiger partial charge on any atom is -0.480 e. The molecule has 0 saturated carbocycles. The Morgan fingerprint density at radius 2 is 1.95 bits per heavy atom. The molecular weight excluding hydrogens is 268 g/mol. The Kier molecular flexibility index (Phi) is 5.04. The zero-order chi connectivity index (χ0) is 15.3. The molecule has 0 unspecified atom stereocenters. The number of aliphatic hydroxyl groups excluding tert-OH is 1. The van der Waals surface area contributed by atoms with Crippen LogP contribution < -0.4 is 5.73 Å². The summed E-state index contributed by atoms with van der Waals surface area (Å²) in [5.74, 6) is -3.33. The van der Waals surface area contributed by atoms with Gasteiger partial charge in [-0.1, -0.05) is 12.1 Å². The Bertz CT molecular complexity index is 530. The molecule has 0 bridgehead atoms. The smallest absolute Gasteiger partial charge is 0.365 e. The van der Waals surface area contributed by atoms with E-state index in [2.05, 4.69) is 0 Å². The van der Waals surface area contributed by atoms with Gasteiger partial charge in [0.25, 0.3) is 5.91 Å². The Hall–Kier alpha value is -2.61. The van der Waals surface area contributed by atoms with Crippen LogP contribution in [0.4, 0.5) is 5.69 Å². The second kappa shape index (κ2) is 6.53. The van der Waals surface area contributed by atoms with Crippen LogP contribution in [-0.4, -0.2) is 45.8 Å². The number of amides is 1. The fraction of sp³-hybridized carbons (Fsp3) is 0.250. The van der Waals surface area contributed by atoms with Crippen molar-refractivity contribution in [1.82, 2.24) is 5.06 Å². The molecule has 0 heterocycles. The van der Waals surface area contributed by atoms with Crippen LogP contribution in [-0.2, 0) is 14.4 Å². The number of hydrogen-bond donors (Lipinski definition) is 3. The van der Waals surface area contributed by atoms with Gasteiger partial charge in [-0.2, -0.15) is 5.06 Å². The van der Waals surface area contributed by atoms with Crippen LogP contribution in [0.2, 0.25) is 0 Å². The molecule has 108 valence electrons. The van der Waals surface area contributed by atoms with Crippen molar-refractivity contribution >= 4 is 23.5 Å². The van der Waals surface area contributed by atoms with Crippen LogP contribution >= 0.6 is 0 Å². The predicted octanol–water partition coefficient (Wildman–Crippen LogP) is -0.365. The SMILES string of the molecule is CC(=O)N(OC(=O)c1ccccc1N)[C@@H](CO)C(=O)O. The molecule has 20 heavy (non-hydrogen) atoms. The van der Waals surface area contributed by atoms with E-state index >= 15 is 0 Å². The first-order valence-corrected chi connectivity index (χ1v) is 5.58. The Labute approximate surface area is 114 Å². The van der Waals surface area contributed by atoms with Crippen LogP contribution in [0.5, 0.6) is 0 Å². The highest BCUT2D eigenvalue weighted by Crippen LogP contribution is 2.14. The number of aliphatic carboxylic acids is 1. The number of carboxylic acid groups (broad SMARTS) is 1. The highest BCUT2D eigenvalue weighted by molar-refractivity contribution is 5.95. The molecule has 0 saturated heterocycles. The molecule has 0 spiro atoms. The molecule has 8 heteroatoms. The normalized spacial score (nSPS) is 11.5. The third-order valence-corrected chi connectivity index (χ3v) is 2.41. The quantitative estimate of drug-likeness (QED) is 0.507. The van der Waals surface area contributed by atoms with Gasteiger partial charge in [-0.05, 0) is 12.1 Å². The summed E-state index contributed by atoms with van der Waals surface area (Å²) in [4.78, 5) is 38.8. The van der Waals surface area contributed by atoms with E-state index < -0.39 is 30.5 Å². The van der Waals surface area contributed by atoms with Crippen molar-refractivity contribution in [3.8, 4) is 0 Å². The number of nitrogens with zero attached hydrogens (tertiary/aromatic N) is 1. The Morgan fingerprint density at radius 1 is 1.35 bits per heavy atom. The first-order valence-electron chi connectivity index (χ1n) is 5.58. The second-order valence-electron chi connectivity index (χ2n) is 3.85. The lowest BCUT2D eigenvalue weighted by atomic mass is 10.2. The Balaban J connectivity index is 2.97. The molecule has 1 aromatic carbocycles. The fourth-order valence-corrected chi connectivity index (χ4v) is 1.42. The number of nitrogen functional groups attached to an aromatic ring is 1. The monoisotopic (exact) mass is 282 g/mol. The largest absolute Gasteiger partial charge is 0.480 e. The summed E-state index contributed by atoms with van der Waals surface area (Å²) < 4.78 is 0. The van der Waals surface area contributed by atoms with Crippen molar-refractivity contribution in [3.63, 3.8) is 0 Å². The number of rotatable bonds is 4. The van der Waals surface area contributed by atoms with Crippen molar-refractivity contribution < 1.29 is 29.4 Å². The molecule has 1 aromatic rings. The third kappa shape index (κ3) is 3.45. The minimum absolute atomic E-state index is 0.0131. The van der Waals surface area contributed by atoms with Crippen LogP contribution in [0.25, 0.3) is 0 Å². The van der Waals surface area contributed by atoms with Crippen molar-refractivity contribution in [2.75, 3.05) is 12.3 Å². The van der Waals surface area contributed by atoms with E-state index in [0.717, 1.165) is 6.92 Å². The average Bonchev–Trinajstić information content (AvgIpc) is 2.38. The van der Waals surface area contributed by atoms with Crippen LogP contribution in [0, 0.1) is 0 Å². The predicted molar refractivity (Wildman–Crippen MR) is 67.3 cm³/mol. The van der Waals surface area contributed by atoms with Crippen LogP contribution in [0.15, 0.2) is 24.3 Å². The molecule has 1 atom stereocenters. The Morgan fingerprint density at radius 3 is 2.40 bits per heavy atom. The van der Waals surface area contributed by atoms with Gasteiger partial charge >= 0.3 is 11.9 Å². The zero-order valence-corrected chi connectivity index (χ0v) is 10.6. The number of anilines is 1. The third-order valence-electron chi connectivity index (χ3n) is 2.41. The van der Waals surface area contributed by atoms with Crippen LogP contribution in [0.1, 0.15) is 17.3 Å². The molecule has 4 N–H and O–H groups in total. The van der Waals surface area contributed by atoms with E-state index in [1.165, 1.54) is 18.2 Å². The summed E-state index contributed by atoms with van der Waals surface area (Å²) in [7, 11) is 0. The van der Waals surface area contributed by atoms with Gasteiger partial charge < -0.3 is 20.8 Å². The summed E-state index contributed by atoms with van der Waals surface area (Å²) in [6, 6.07) is 4.27. The lowest BCUT2D eigenvalue weighted by molar-refractivity contribution is -0.188. The molecule has 0 aliphatic rings. The van der Waals surface area contributed by atoms with Gasteiger partial charge in [0, 0.05) is 12.6 Å². The standard InChI is InChI=1S/C12H14N2O6/c1-7(16)14(10(6-15)11(17)18)20-12(19)8-4-2-3-5-9(8)13/h2-5,10,15H,6,13H2,1H3,(H,17,18)/t10-/m0/s1. The second-order valence-corrected chi connectivity index (χ2v) is 3.85. The van der Waals surface area contributed by atoms with E-state index in [-0.39, 0.29) is 11.3 Å². The van der Waals surface area contributed by atoms with Crippen molar-refractivity contribution in [1.29, 1.82) is 0 Å². The minimum atomic E-state index is -1.68. The van der Waals surface area contributed by atoms with E-state index in [1.807, 2.05) is 0 Å². The van der Waals surface area contributed by atoms with Gasteiger partial charge in [-0.3, -0.25) is 4.79 Å². The lowest BCUT2D eigenvalue weighted by Gasteiger charge is -2.24. The summed E-state index contributed by atoms with van der Waals surface area (Å²) in [6.45, 7) is 0.111. The lowest BCUT2D eigenvalue weighted by Crippen LogP contribution is -2.47. The zero-order valence-electron chi connectivity index (χ0n) is 10.6. The first-order chi connectivity index (χ1) is 9.38. The molecule has 8 nitrogen and oxygen atoms in total. The maximum atomic E-state index is 11.9. The fourth-order valence-electron chi connectivity index (χ4n) is 1.42. The number of hydroxylamine groups is 2. The summed E-state index contributed by atoms with van der Waals surface area (Å²) >= 11 is 0. The number of para-hydroxylation sites is 1. The van der Waals surface area contributed by atoms with Crippen molar-refractivity contribution in [2.45, 2.75) is 13.0 Å². The van der Waals surface area contributed by atoms with Crippen molar-refractivity contribution in [3.05, 3.63) is 29.8 Å². The maximum Gasteiger partial charge on any atom is 0.365 e. The van der Waals surface area contributed by atoms with E-state index in [1.54, 1.807) is 6.07 Å². The van der Waals surface area contributed by atoms with Gasteiger partial charge in [0.05, 0.1) is 12.2 Å². The number of nitrogens with two attached hydrogens (primary N) is 1. The van der Waals surface area contributed by atoms with Gasteiger partial charge in [0.2, 0.25) is 0 Å². The van der Waals surface area contributed by atoms with Crippen molar-refractivity contribution in [2.24, 2.45) is 0 Å². The molecular formula is C12H14N2O6.